The van der Waals surface area contributed by atoms with Crippen LogP contribution in [0.25, 0.3) is 17.1 Å². The van der Waals surface area contributed by atoms with E-state index in [-0.39, 0.29) is 17.7 Å². The van der Waals surface area contributed by atoms with E-state index in [1.807, 2.05) is 65.8 Å². The molecule has 3 aromatic rings. The number of benzene rings is 2. The van der Waals surface area contributed by atoms with Crippen molar-refractivity contribution in [2.24, 2.45) is 5.92 Å². The van der Waals surface area contributed by atoms with Gasteiger partial charge in [-0.25, -0.2) is 4.98 Å². The highest BCUT2D eigenvalue weighted by Gasteiger charge is 2.26. The number of fused-ring (bicyclic) bond motifs is 1. The van der Waals surface area contributed by atoms with Crippen LogP contribution in [-0.2, 0) is 16.1 Å². The second kappa shape index (κ2) is 10.1. The zero-order chi connectivity index (χ0) is 21.5. The summed E-state index contributed by atoms with van der Waals surface area (Å²) in [6.45, 7) is 2.71. The molecular formula is C25H28N4O2. The molecule has 4 rings (SSSR count). The smallest absolute Gasteiger partial charge is 0.246 e. The van der Waals surface area contributed by atoms with Crippen molar-refractivity contribution in [2.75, 3.05) is 19.6 Å². The van der Waals surface area contributed by atoms with Crippen molar-refractivity contribution in [1.82, 2.24) is 19.8 Å². The predicted octanol–water partition coefficient (Wildman–Crippen LogP) is 3.49. The average molecular weight is 417 g/mol. The first kappa shape index (κ1) is 20.8. The normalized spacial score (nSPS) is 14.9. The summed E-state index contributed by atoms with van der Waals surface area (Å²) < 4.78 is 2.12. The quantitative estimate of drug-likeness (QED) is 0.474. The Kier molecular flexibility index (Phi) is 6.77. The summed E-state index contributed by atoms with van der Waals surface area (Å²) in [4.78, 5) is 31.1. The summed E-state index contributed by atoms with van der Waals surface area (Å²) in [6.07, 6.45) is 7.59. The molecule has 0 aliphatic carbocycles. The molecule has 0 atom stereocenters. The van der Waals surface area contributed by atoms with E-state index < -0.39 is 0 Å². The molecule has 6 nitrogen and oxygen atoms in total. The molecule has 31 heavy (non-hydrogen) atoms. The molecule has 0 bridgehead atoms. The fourth-order valence-corrected chi connectivity index (χ4v) is 3.99. The van der Waals surface area contributed by atoms with E-state index in [2.05, 4.69) is 20.9 Å². The Morgan fingerprint density at radius 3 is 2.58 bits per heavy atom. The van der Waals surface area contributed by atoms with Gasteiger partial charge in [-0.1, -0.05) is 42.5 Å². The van der Waals surface area contributed by atoms with Crippen molar-refractivity contribution in [3.63, 3.8) is 0 Å². The van der Waals surface area contributed by atoms with Crippen LogP contribution in [0.5, 0.6) is 0 Å². The number of imidazole rings is 1. The van der Waals surface area contributed by atoms with E-state index in [1.165, 1.54) is 0 Å². The number of nitrogens with one attached hydrogen (secondary N) is 1. The number of aromatic nitrogens is 2. The van der Waals surface area contributed by atoms with Gasteiger partial charge in [0.1, 0.15) is 0 Å². The molecule has 2 aromatic carbocycles. The minimum absolute atomic E-state index is 0.00951. The summed E-state index contributed by atoms with van der Waals surface area (Å²) in [6, 6.07) is 17.8. The first-order chi connectivity index (χ1) is 15.2. The third-order valence-corrected chi connectivity index (χ3v) is 5.80. The van der Waals surface area contributed by atoms with Crippen molar-refractivity contribution >= 4 is 28.9 Å². The van der Waals surface area contributed by atoms with Crippen LogP contribution in [0.2, 0.25) is 0 Å². The van der Waals surface area contributed by atoms with Crippen molar-refractivity contribution in [3.05, 3.63) is 72.6 Å². The molecule has 0 saturated carbocycles. The molecule has 0 unspecified atom stereocenters. The summed E-state index contributed by atoms with van der Waals surface area (Å²) in [7, 11) is 0. The second-order valence-corrected chi connectivity index (χ2v) is 7.91. The minimum atomic E-state index is -0.0174. The lowest BCUT2D eigenvalue weighted by atomic mass is 9.95. The molecule has 2 heterocycles. The lowest BCUT2D eigenvalue weighted by molar-refractivity contribution is -0.132. The van der Waals surface area contributed by atoms with E-state index in [4.69, 9.17) is 0 Å². The summed E-state index contributed by atoms with van der Waals surface area (Å²) >= 11 is 0. The van der Waals surface area contributed by atoms with E-state index in [0.29, 0.717) is 32.5 Å². The van der Waals surface area contributed by atoms with Crippen LogP contribution in [0.15, 0.2) is 67.0 Å². The highest BCUT2D eigenvalue weighted by molar-refractivity contribution is 5.92. The maximum atomic E-state index is 12.5. The molecule has 1 N–H and O–H groups in total. The summed E-state index contributed by atoms with van der Waals surface area (Å²) in [5.74, 6) is 0.0916. The largest absolute Gasteiger partial charge is 0.356 e. The Morgan fingerprint density at radius 1 is 1.03 bits per heavy atom. The van der Waals surface area contributed by atoms with Gasteiger partial charge in [-0.2, -0.15) is 0 Å². The second-order valence-electron chi connectivity index (χ2n) is 7.91. The molecule has 0 radical (unpaired) electrons. The van der Waals surface area contributed by atoms with Gasteiger partial charge >= 0.3 is 0 Å². The maximum Gasteiger partial charge on any atom is 0.246 e. The molecular weight excluding hydrogens is 388 g/mol. The Bertz CT molecular complexity index is 1050. The van der Waals surface area contributed by atoms with Crippen molar-refractivity contribution in [1.29, 1.82) is 0 Å². The highest BCUT2D eigenvalue weighted by Crippen LogP contribution is 2.18. The Hall–Kier alpha value is -3.41. The highest BCUT2D eigenvalue weighted by atomic mass is 16.2. The molecule has 1 saturated heterocycles. The van der Waals surface area contributed by atoms with Gasteiger partial charge in [0, 0.05) is 38.2 Å². The number of rotatable bonds is 7. The summed E-state index contributed by atoms with van der Waals surface area (Å²) in [5.41, 5.74) is 3.12. The van der Waals surface area contributed by atoms with Gasteiger partial charge in [-0.05, 0) is 43.0 Å². The summed E-state index contributed by atoms with van der Waals surface area (Å²) in [5, 5.41) is 3.06. The van der Waals surface area contributed by atoms with Crippen LogP contribution in [0, 0.1) is 5.92 Å². The van der Waals surface area contributed by atoms with E-state index in [1.54, 1.807) is 6.08 Å². The van der Waals surface area contributed by atoms with Crippen LogP contribution in [0.4, 0.5) is 0 Å². The lowest BCUT2D eigenvalue weighted by Crippen LogP contribution is -2.42. The molecule has 1 aromatic heterocycles. The first-order valence-electron chi connectivity index (χ1n) is 10.9. The molecule has 6 heteroatoms. The third-order valence-electron chi connectivity index (χ3n) is 5.80. The van der Waals surface area contributed by atoms with E-state index in [9.17, 15) is 9.59 Å². The van der Waals surface area contributed by atoms with Crippen molar-refractivity contribution in [3.8, 4) is 0 Å². The van der Waals surface area contributed by atoms with Gasteiger partial charge in [0.05, 0.1) is 17.4 Å². The lowest BCUT2D eigenvalue weighted by Gasteiger charge is -2.30. The van der Waals surface area contributed by atoms with Crippen LogP contribution in [0.1, 0.15) is 24.8 Å². The van der Waals surface area contributed by atoms with Gasteiger partial charge in [-0.3, -0.25) is 9.59 Å². The number of aryl methyl sites for hydroxylation is 1. The van der Waals surface area contributed by atoms with E-state index >= 15 is 0 Å². The maximum absolute atomic E-state index is 12.5. The number of likely N-dealkylation sites (tertiary alicyclic amines) is 1. The van der Waals surface area contributed by atoms with Crippen molar-refractivity contribution in [2.45, 2.75) is 25.8 Å². The number of para-hydroxylation sites is 2. The first-order valence-corrected chi connectivity index (χ1v) is 10.9. The molecule has 1 aliphatic heterocycles. The number of piperidine rings is 1. The fourth-order valence-electron chi connectivity index (χ4n) is 3.99. The zero-order valence-corrected chi connectivity index (χ0v) is 17.6. The van der Waals surface area contributed by atoms with Gasteiger partial charge in [0.25, 0.3) is 0 Å². The van der Waals surface area contributed by atoms with Crippen LogP contribution < -0.4 is 5.32 Å². The van der Waals surface area contributed by atoms with E-state index in [0.717, 1.165) is 29.6 Å². The molecule has 2 amide bonds. The minimum Gasteiger partial charge on any atom is -0.356 e. The number of carbonyl (C=O) groups excluding carboxylic acids is 2. The topological polar surface area (TPSA) is 67.2 Å². The Morgan fingerprint density at radius 2 is 1.77 bits per heavy atom. The number of hydrogen-bond donors (Lipinski definition) is 1. The SMILES string of the molecule is O=C(NCCCn1cnc2ccccc21)C1CCN(C(=O)C=Cc2ccccc2)CC1. The van der Waals surface area contributed by atoms with Gasteiger partial charge < -0.3 is 14.8 Å². The Labute approximate surface area is 182 Å². The number of hydrogen-bond acceptors (Lipinski definition) is 3. The van der Waals surface area contributed by atoms with Crippen LogP contribution >= 0.6 is 0 Å². The number of nitrogens with zero attached hydrogens (tertiary/aromatic N) is 3. The number of carbonyl (C=O) groups is 2. The fraction of sp³-hybridized carbons (Fsp3) is 0.320. The zero-order valence-electron chi connectivity index (χ0n) is 17.6. The Balaban J connectivity index is 1.17. The van der Waals surface area contributed by atoms with Crippen molar-refractivity contribution < 1.29 is 9.59 Å². The van der Waals surface area contributed by atoms with Gasteiger partial charge in [-0.15, -0.1) is 0 Å². The molecule has 1 aliphatic rings. The third kappa shape index (κ3) is 5.40. The molecule has 160 valence electrons. The van der Waals surface area contributed by atoms with Gasteiger partial charge in [0.2, 0.25) is 11.8 Å². The molecule has 1 fully saturated rings. The predicted molar refractivity (Wildman–Crippen MR) is 122 cm³/mol. The van der Waals surface area contributed by atoms with Crippen LogP contribution in [0.3, 0.4) is 0 Å². The monoisotopic (exact) mass is 416 g/mol. The average Bonchev–Trinajstić information content (AvgIpc) is 3.24. The van der Waals surface area contributed by atoms with Crippen LogP contribution in [-0.4, -0.2) is 45.9 Å². The van der Waals surface area contributed by atoms with Gasteiger partial charge in [0.15, 0.2) is 0 Å². The molecule has 0 spiro atoms. The standard InChI is InChI=1S/C25H28N4O2/c30-24(12-11-20-7-2-1-3-8-20)28-17-13-21(14-18-28)25(31)26-15-6-16-29-19-27-22-9-4-5-10-23(22)29/h1-5,7-12,19,21H,6,13-18H2,(H,26,31). The number of amides is 2.